The standard InChI is InChI=1S/C5H9N3O/c1-2-8-5(9)3-7-4-6/h7H,2-3H2,1H3,(H,8,9). The fraction of sp³-hybridized carbons (Fsp3) is 0.600. The molecular formula is C5H9N3O. The molecule has 50 valence electrons. The summed E-state index contributed by atoms with van der Waals surface area (Å²) in [5.41, 5.74) is 0. The Balaban J connectivity index is 3.19. The molecule has 0 bridgehead atoms. The molecule has 0 saturated carbocycles. The number of amides is 1. The summed E-state index contributed by atoms with van der Waals surface area (Å²) in [7, 11) is 0. The Bertz CT molecular complexity index is 127. The van der Waals surface area contributed by atoms with Crippen LogP contribution in [0.1, 0.15) is 6.92 Å². The Labute approximate surface area is 53.9 Å². The van der Waals surface area contributed by atoms with Crippen LogP contribution in [0.3, 0.4) is 0 Å². The van der Waals surface area contributed by atoms with E-state index in [1.54, 1.807) is 6.19 Å². The van der Waals surface area contributed by atoms with Gasteiger partial charge in [-0.2, -0.15) is 5.26 Å². The number of likely N-dealkylation sites (N-methyl/N-ethyl adjacent to an activating group) is 1. The Hall–Kier alpha value is -1.24. The molecular weight excluding hydrogens is 118 g/mol. The van der Waals surface area contributed by atoms with Crippen molar-refractivity contribution in [3.8, 4) is 6.19 Å². The quantitative estimate of drug-likeness (QED) is 0.385. The van der Waals surface area contributed by atoms with Crippen LogP contribution in [-0.4, -0.2) is 19.0 Å². The topological polar surface area (TPSA) is 64.9 Å². The second-order valence-electron chi connectivity index (χ2n) is 1.42. The Morgan fingerprint density at radius 1 is 1.78 bits per heavy atom. The lowest BCUT2D eigenvalue weighted by Crippen LogP contribution is -2.31. The van der Waals surface area contributed by atoms with Crippen LogP contribution in [0.5, 0.6) is 0 Å². The largest absolute Gasteiger partial charge is 0.355 e. The zero-order chi connectivity index (χ0) is 7.11. The molecule has 0 atom stereocenters. The summed E-state index contributed by atoms with van der Waals surface area (Å²) in [5, 5.41) is 12.7. The first-order valence-corrected chi connectivity index (χ1v) is 2.70. The van der Waals surface area contributed by atoms with Crippen LogP contribution < -0.4 is 10.6 Å². The van der Waals surface area contributed by atoms with Gasteiger partial charge in [-0.1, -0.05) is 0 Å². The minimum absolute atomic E-state index is 0.0737. The van der Waals surface area contributed by atoms with Gasteiger partial charge in [-0.3, -0.25) is 4.79 Å². The monoisotopic (exact) mass is 127 g/mol. The third kappa shape index (κ3) is 4.62. The predicted octanol–water partition coefficient (Wildman–Crippen LogP) is -0.807. The van der Waals surface area contributed by atoms with E-state index in [0.29, 0.717) is 6.54 Å². The summed E-state index contributed by atoms with van der Waals surface area (Å²) in [6, 6.07) is 0. The van der Waals surface area contributed by atoms with E-state index in [4.69, 9.17) is 5.26 Å². The van der Waals surface area contributed by atoms with Gasteiger partial charge in [-0.25, -0.2) is 0 Å². The lowest BCUT2D eigenvalue weighted by molar-refractivity contribution is -0.119. The molecule has 0 aliphatic carbocycles. The number of hydrogen-bond donors (Lipinski definition) is 2. The first-order chi connectivity index (χ1) is 4.31. The fourth-order valence-electron chi connectivity index (χ4n) is 0.379. The third-order valence-corrected chi connectivity index (χ3v) is 0.702. The molecule has 4 nitrogen and oxygen atoms in total. The molecule has 1 amide bonds. The number of nitrogens with one attached hydrogen (secondary N) is 2. The lowest BCUT2D eigenvalue weighted by atomic mass is 10.5. The molecule has 0 radical (unpaired) electrons. The number of nitrogens with zero attached hydrogens (tertiary/aromatic N) is 1. The van der Waals surface area contributed by atoms with Gasteiger partial charge in [0.2, 0.25) is 5.91 Å². The van der Waals surface area contributed by atoms with Gasteiger partial charge in [0.25, 0.3) is 0 Å². The Kier molecular flexibility index (Phi) is 4.23. The maximum atomic E-state index is 10.5. The second kappa shape index (κ2) is 4.91. The zero-order valence-electron chi connectivity index (χ0n) is 5.27. The molecule has 4 heteroatoms. The van der Waals surface area contributed by atoms with E-state index in [1.165, 1.54) is 0 Å². The molecule has 0 aliphatic heterocycles. The van der Waals surface area contributed by atoms with Crippen molar-refractivity contribution >= 4 is 5.91 Å². The Morgan fingerprint density at radius 2 is 2.44 bits per heavy atom. The molecule has 9 heavy (non-hydrogen) atoms. The van der Waals surface area contributed by atoms with E-state index < -0.39 is 0 Å². The van der Waals surface area contributed by atoms with E-state index in [-0.39, 0.29) is 12.5 Å². The molecule has 0 spiro atoms. The molecule has 0 aliphatic rings. The van der Waals surface area contributed by atoms with Crippen molar-refractivity contribution in [1.82, 2.24) is 10.6 Å². The average Bonchev–Trinajstić information content (AvgIpc) is 1.85. The molecule has 0 aromatic rings. The SMILES string of the molecule is CCNC(=O)CNC#N. The smallest absolute Gasteiger partial charge is 0.240 e. The summed E-state index contributed by atoms with van der Waals surface area (Å²) in [6.07, 6.45) is 1.65. The highest BCUT2D eigenvalue weighted by atomic mass is 16.1. The van der Waals surface area contributed by atoms with E-state index in [1.807, 2.05) is 6.92 Å². The normalized spacial score (nSPS) is 7.56. The number of nitriles is 1. The third-order valence-electron chi connectivity index (χ3n) is 0.702. The maximum Gasteiger partial charge on any atom is 0.240 e. The van der Waals surface area contributed by atoms with E-state index in [9.17, 15) is 4.79 Å². The highest BCUT2D eigenvalue weighted by Gasteiger charge is 1.93. The lowest BCUT2D eigenvalue weighted by Gasteiger charge is -1.97. The predicted molar refractivity (Wildman–Crippen MR) is 32.3 cm³/mol. The molecule has 0 heterocycles. The molecule has 2 N–H and O–H groups in total. The average molecular weight is 127 g/mol. The van der Waals surface area contributed by atoms with Crippen LogP contribution in [0.2, 0.25) is 0 Å². The minimum Gasteiger partial charge on any atom is -0.355 e. The van der Waals surface area contributed by atoms with Gasteiger partial charge >= 0.3 is 0 Å². The van der Waals surface area contributed by atoms with E-state index in [0.717, 1.165) is 0 Å². The van der Waals surface area contributed by atoms with Gasteiger partial charge in [0.1, 0.15) is 6.54 Å². The summed E-state index contributed by atoms with van der Waals surface area (Å²) >= 11 is 0. The van der Waals surface area contributed by atoms with Gasteiger partial charge < -0.3 is 10.6 Å². The van der Waals surface area contributed by atoms with E-state index in [2.05, 4.69) is 10.6 Å². The first-order valence-electron chi connectivity index (χ1n) is 2.70. The Morgan fingerprint density at radius 3 is 2.89 bits per heavy atom. The van der Waals surface area contributed by atoms with Crippen molar-refractivity contribution in [3.05, 3.63) is 0 Å². The first kappa shape index (κ1) is 7.76. The molecule has 0 aromatic heterocycles. The minimum atomic E-state index is -0.154. The van der Waals surface area contributed by atoms with Gasteiger partial charge in [0.15, 0.2) is 6.19 Å². The van der Waals surface area contributed by atoms with Crippen LogP contribution in [-0.2, 0) is 4.79 Å². The molecule has 0 unspecified atom stereocenters. The van der Waals surface area contributed by atoms with Gasteiger partial charge in [0, 0.05) is 6.54 Å². The maximum absolute atomic E-state index is 10.5. The highest BCUT2D eigenvalue weighted by Crippen LogP contribution is 1.59. The second-order valence-corrected chi connectivity index (χ2v) is 1.42. The van der Waals surface area contributed by atoms with Crippen molar-refractivity contribution in [2.75, 3.05) is 13.1 Å². The van der Waals surface area contributed by atoms with E-state index >= 15 is 0 Å². The number of rotatable bonds is 3. The van der Waals surface area contributed by atoms with Crippen molar-refractivity contribution in [3.63, 3.8) is 0 Å². The molecule has 0 rings (SSSR count). The van der Waals surface area contributed by atoms with Crippen molar-refractivity contribution in [2.24, 2.45) is 0 Å². The van der Waals surface area contributed by atoms with Crippen molar-refractivity contribution in [2.45, 2.75) is 6.92 Å². The fourth-order valence-corrected chi connectivity index (χ4v) is 0.379. The summed E-state index contributed by atoms with van der Waals surface area (Å²) in [4.78, 5) is 10.5. The number of carbonyl (C=O) groups excluding carboxylic acids is 1. The van der Waals surface area contributed by atoms with Crippen molar-refractivity contribution < 1.29 is 4.79 Å². The summed E-state index contributed by atoms with van der Waals surface area (Å²) < 4.78 is 0. The van der Waals surface area contributed by atoms with Gasteiger partial charge in [0.05, 0.1) is 0 Å². The van der Waals surface area contributed by atoms with Gasteiger partial charge in [-0.15, -0.1) is 0 Å². The molecule has 0 fully saturated rings. The molecule has 0 aromatic carbocycles. The van der Waals surface area contributed by atoms with Crippen LogP contribution in [0, 0.1) is 11.5 Å². The van der Waals surface area contributed by atoms with Crippen molar-refractivity contribution in [1.29, 1.82) is 5.26 Å². The van der Waals surface area contributed by atoms with Crippen LogP contribution in [0.25, 0.3) is 0 Å². The van der Waals surface area contributed by atoms with Gasteiger partial charge in [-0.05, 0) is 6.92 Å². The number of carbonyl (C=O) groups is 1. The number of hydrogen-bond acceptors (Lipinski definition) is 3. The van der Waals surface area contributed by atoms with Crippen LogP contribution >= 0.6 is 0 Å². The summed E-state index contributed by atoms with van der Waals surface area (Å²) in [6.45, 7) is 2.50. The summed E-state index contributed by atoms with van der Waals surface area (Å²) in [5.74, 6) is -0.154. The molecule has 0 saturated heterocycles. The van der Waals surface area contributed by atoms with Crippen LogP contribution in [0.4, 0.5) is 0 Å². The highest BCUT2D eigenvalue weighted by molar-refractivity contribution is 5.78. The van der Waals surface area contributed by atoms with Crippen LogP contribution in [0.15, 0.2) is 0 Å². The zero-order valence-corrected chi connectivity index (χ0v) is 5.27.